The second kappa shape index (κ2) is 5.39. The van der Waals surface area contributed by atoms with Gasteiger partial charge in [-0.2, -0.15) is 5.10 Å². The lowest BCUT2D eigenvalue weighted by Gasteiger charge is -2.22. The molecule has 2 fully saturated rings. The average Bonchev–Trinajstić information content (AvgIpc) is 2.83. The minimum absolute atomic E-state index is 0.425. The SMILES string of the molecule is Cn1nc(C2CCCCC2)nc1C1CCCCN1. The van der Waals surface area contributed by atoms with E-state index in [9.17, 15) is 0 Å². The van der Waals surface area contributed by atoms with Crippen LogP contribution in [-0.2, 0) is 7.05 Å². The predicted molar refractivity (Wildman–Crippen MR) is 71.4 cm³/mol. The molecule has 0 spiro atoms. The van der Waals surface area contributed by atoms with Crippen molar-refractivity contribution in [3.8, 4) is 0 Å². The lowest BCUT2D eigenvalue weighted by Crippen LogP contribution is -2.29. The molecule has 1 N–H and O–H groups in total. The van der Waals surface area contributed by atoms with Crippen molar-refractivity contribution in [3.05, 3.63) is 11.6 Å². The van der Waals surface area contributed by atoms with Crippen molar-refractivity contribution in [1.82, 2.24) is 20.1 Å². The van der Waals surface area contributed by atoms with Crippen molar-refractivity contribution >= 4 is 0 Å². The van der Waals surface area contributed by atoms with Gasteiger partial charge in [-0.1, -0.05) is 25.7 Å². The topological polar surface area (TPSA) is 42.7 Å². The fourth-order valence-corrected chi connectivity index (χ4v) is 3.33. The van der Waals surface area contributed by atoms with Gasteiger partial charge in [0.2, 0.25) is 0 Å². The summed E-state index contributed by atoms with van der Waals surface area (Å²) in [6.45, 7) is 1.12. The molecule has 1 unspecified atom stereocenters. The normalized spacial score (nSPS) is 26.4. The van der Waals surface area contributed by atoms with Crippen LogP contribution in [-0.4, -0.2) is 21.3 Å². The van der Waals surface area contributed by atoms with Crippen LogP contribution >= 0.6 is 0 Å². The first kappa shape index (κ1) is 12.2. The molecule has 4 heteroatoms. The zero-order valence-corrected chi connectivity index (χ0v) is 11.4. The van der Waals surface area contributed by atoms with Crippen molar-refractivity contribution in [1.29, 1.82) is 0 Å². The summed E-state index contributed by atoms with van der Waals surface area (Å²) >= 11 is 0. The van der Waals surface area contributed by atoms with Gasteiger partial charge in [0.1, 0.15) is 5.82 Å². The number of nitrogens with one attached hydrogen (secondary N) is 1. The molecule has 1 aromatic heterocycles. The van der Waals surface area contributed by atoms with E-state index in [1.165, 1.54) is 51.4 Å². The number of piperidine rings is 1. The van der Waals surface area contributed by atoms with Gasteiger partial charge in [-0.05, 0) is 32.2 Å². The molecular weight excluding hydrogens is 224 g/mol. The summed E-state index contributed by atoms with van der Waals surface area (Å²) in [5.74, 6) is 2.86. The second-order valence-corrected chi connectivity index (χ2v) is 5.79. The van der Waals surface area contributed by atoms with Crippen LogP contribution in [0.5, 0.6) is 0 Å². The van der Waals surface area contributed by atoms with Crippen molar-refractivity contribution < 1.29 is 0 Å². The molecule has 2 aliphatic rings. The Morgan fingerprint density at radius 1 is 1.06 bits per heavy atom. The number of nitrogens with zero attached hydrogens (tertiary/aromatic N) is 3. The van der Waals surface area contributed by atoms with E-state index in [0.717, 1.165) is 18.2 Å². The Hall–Kier alpha value is -0.900. The molecule has 0 amide bonds. The molecule has 1 aliphatic heterocycles. The Bertz CT molecular complexity index is 386. The summed E-state index contributed by atoms with van der Waals surface area (Å²) in [7, 11) is 2.05. The van der Waals surface area contributed by atoms with Crippen LogP contribution in [0, 0.1) is 0 Å². The zero-order valence-electron chi connectivity index (χ0n) is 11.4. The van der Waals surface area contributed by atoms with Crippen LogP contribution in [0.3, 0.4) is 0 Å². The standard InChI is InChI=1S/C14H24N4/c1-18-14(12-9-5-6-10-15-12)16-13(17-18)11-7-3-2-4-8-11/h11-12,15H,2-10H2,1H3. The third-order valence-corrected chi connectivity index (χ3v) is 4.41. The highest BCUT2D eigenvalue weighted by Crippen LogP contribution is 2.31. The lowest BCUT2D eigenvalue weighted by molar-refractivity contribution is 0.386. The molecule has 100 valence electrons. The monoisotopic (exact) mass is 248 g/mol. The highest BCUT2D eigenvalue weighted by atomic mass is 15.3. The van der Waals surface area contributed by atoms with E-state index in [-0.39, 0.29) is 0 Å². The highest BCUT2D eigenvalue weighted by Gasteiger charge is 2.24. The summed E-state index contributed by atoms with van der Waals surface area (Å²) in [4.78, 5) is 4.85. The first-order valence-electron chi connectivity index (χ1n) is 7.49. The summed E-state index contributed by atoms with van der Waals surface area (Å²) in [5.41, 5.74) is 0. The maximum absolute atomic E-state index is 4.85. The smallest absolute Gasteiger partial charge is 0.154 e. The molecule has 3 rings (SSSR count). The minimum atomic E-state index is 0.425. The molecule has 1 saturated carbocycles. The molecule has 0 radical (unpaired) electrons. The molecule has 4 nitrogen and oxygen atoms in total. The van der Waals surface area contributed by atoms with Crippen LogP contribution in [0.1, 0.15) is 75.0 Å². The van der Waals surface area contributed by atoms with Crippen LogP contribution in [0.15, 0.2) is 0 Å². The maximum atomic E-state index is 4.85. The Morgan fingerprint density at radius 3 is 2.56 bits per heavy atom. The van der Waals surface area contributed by atoms with Gasteiger partial charge >= 0.3 is 0 Å². The molecule has 1 aliphatic carbocycles. The fourth-order valence-electron chi connectivity index (χ4n) is 3.33. The predicted octanol–water partition coefficient (Wildman–Crippen LogP) is 2.68. The summed E-state index contributed by atoms with van der Waals surface area (Å²) in [6, 6.07) is 0.425. The zero-order chi connectivity index (χ0) is 12.4. The van der Waals surface area contributed by atoms with E-state index in [0.29, 0.717) is 12.0 Å². The van der Waals surface area contributed by atoms with E-state index in [1.807, 2.05) is 11.7 Å². The summed E-state index contributed by atoms with van der Waals surface area (Å²) in [5, 5.41) is 8.24. The molecule has 2 heterocycles. The van der Waals surface area contributed by atoms with E-state index in [2.05, 4.69) is 10.4 Å². The van der Waals surface area contributed by atoms with Gasteiger partial charge in [-0.25, -0.2) is 4.98 Å². The van der Waals surface area contributed by atoms with E-state index in [4.69, 9.17) is 4.98 Å². The number of aryl methyl sites for hydroxylation is 1. The number of hydrogen-bond acceptors (Lipinski definition) is 3. The number of hydrogen-bond donors (Lipinski definition) is 1. The minimum Gasteiger partial charge on any atom is -0.307 e. The molecule has 0 aromatic carbocycles. The first-order valence-corrected chi connectivity index (χ1v) is 7.49. The second-order valence-electron chi connectivity index (χ2n) is 5.79. The van der Waals surface area contributed by atoms with Gasteiger partial charge in [0.15, 0.2) is 5.82 Å². The quantitative estimate of drug-likeness (QED) is 0.875. The fraction of sp³-hybridized carbons (Fsp3) is 0.857. The first-order chi connectivity index (χ1) is 8.84. The number of rotatable bonds is 2. The largest absolute Gasteiger partial charge is 0.307 e. The Balaban J connectivity index is 1.76. The van der Waals surface area contributed by atoms with Crippen molar-refractivity contribution in [3.63, 3.8) is 0 Å². The number of aromatic nitrogens is 3. The van der Waals surface area contributed by atoms with Crippen LogP contribution in [0.25, 0.3) is 0 Å². The van der Waals surface area contributed by atoms with Crippen LogP contribution in [0.4, 0.5) is 0 Å². The average molecular weight is 248 g/mol. The van der Waals surface area contributed by atoms with E-state index in [1.54, 1.807) is 0 Å². The van der Waals surface area contributed by atoms with Crippen LogP contribution in [0.2, 0.25) is 0 Å². The lowest BCUT2D eigenvalue weighted by atomic mass is 9.89. The van der Waals surface area contributed by atoms with Gasteiger partial charge < -0.3 is 5.32 Å². The Labute approximate surface area is 109 Å². The van der Waals surface area contributed by atoms with Gasteiger partial charge in [0.05, 0.1) is 6.04 Å². The van der Waals surface area contributed by atoms with E-state index < -0.39 is 0 Å². The Kier molecular flexibility index (Phi) is 3.64. The maximum Gasteiger partial charge on any atom is 0.154 e. The van der Waals surface area contributed by atoms with Crippen molar-refractivity contribution in [2.45, 2.75) is 63.3 Å². The third-order valence-electron chi connectivity index (χ3n) is 4.41. The molecule has 1 saturated heterocycles. The molecule has 1 atom stereocenters. The molecule has 0 bridgehead atoms. The van der Waals surface area contributed by atoms with Gasteiger partial charge in [-0.3, -0.25) is 4.68 Å². The Morgan fingerprint density at radius 2 is 1.83 bits per heavy atom. The molecule has 1 aromatic rings. The highest BCUT2D eigenvalue weighted by molar-refractivity contribution is 5.04. The van der Waals surface area contributed by atoms with Crippen molar-refractivity contribution in [2.24, 2.45) is 7.05 Å². The summed E-state index contributed by atoms with van der Waals surface area (Å²) < 4.78 is 2.01. The van der Waals surface area contributed by atoms with Crippen molar-refractivity contribution in [2.75, 3.05) is 6.54 Å². The van der Waals surface area contributed by atoms with Gasteiger partial charge in [0.25, 0.3) is 0 Å². The molecule has 18 heavy (non-hydrogen) atoms. The summed E-state index contributed by atoms with van der Waals surface area (Å²) in [6.07, 6.45) is 10.5. The van der Waals surface area contributed by atoms with Crippen LogP contribution < -0.4 is 5.32 Å². The van der Waals surface area contributed by atoms with E-state index >= 15 is 0 Å². The van der Waals surface area contributed by atoms with Gasteiger partial charge in [-0.15, -0.1) is 0 Å². The molecular formula is C14H24N4. The van der Waals surface area contributed by atoms with Gasteiger partial charge in [0, 0.05) is 13.0 Å². The third kappa shape index (κ3) is 2.44.